The number of ether oxygens (including phenoxy) is 2. The minimum atomic E-state index is -0.568. The zero-order chi connectivity index (χ0) is 20.7. The Kier molecular flexibility index (Phi) is 7.70. The molecule has 28 heavy (non-hydrogen) atoms. The highest BCUT2D eigenvalue weighted by molar-refractivity contribution is 9.10. The zero-order valence-electron chi connectivity index (χ0n) is 15.2. The number of nitrogens with zero attached hydrogens (tertiary/aromatic N) is 1. The summed E-state index contributed by atoms with van der Waals surface area (Å²) in [6.07, 6.45) is 0.867. The quantitative estimate of drug-likeness (QED) is 0.355. The second-order valence-corrected chi connectivity index (χ2v) is 6.80. The average molecular weight is 468 g/mol. The fraction of sp³-hybridized carbons (Fsp3) is 0.222. The smallest absolute Gasteiger partial charge is 0.296 e. The third kappa shape index (κ3) is 5.64. The van der Waals surface area contributed by atoms with E-state index in [1.165, 1.54) is 19.2 Å². The maximum atomic E-state index is 12.4. The summed E-state index contributed by atoms with van der Waals surface area (Å²) in [4.78, 5) is 23.0. The number of benzene rings is 2. The van der Waals surface area contributed by atoms with Gasteiger partial charge in [0.2, 0.25) is 0 Å². The normalized spacial score (nSPS) is 10.1. The average Bonchev–Trinajstić information content (AvgIpc) is 2.66. The summed E-state index contributed by atoms with van der Waals surface area (Å²) in [5, 5.41) is 16.3. The van der Waals surface area contributed by atoms with E-state index in [0.717, 1.165) is 6.42 Å². The topological polar surface area (TPSA) is 103 Å². The molecule has 0 heterocycles. The van der Waals surface area contributed by atoms with Crippen LogP contribution in [0.3, 0.4) is 0 Å². The third-order valence-corrected chi connectivity index (χ3v) is 4.36. The van der Waals surface area contributed by atoms with Gasteiger partial charge in [-0.05, 0) is 64.9 Å². The predicted octanol–water partition coefficient (Wildman–Crippen LogP) is 4.28. The first-order chi connectivity index (χ1) is 13.3. The van der Waals surface area contributed by atoms with Gasteiger partial charge in [0, 0.05) is 5.56 Å². The molecule has 2 N–H and O–H groups in total. The molecule has 10 heteroatoms. The van der Waals surface area contributed by atoms with Gasteiger partial charge in [0.15, 0.2) is 5.11 Å². The van der Waals surface area contributed by atoms with E-state index in [4.69, 9.17) is 21.7 Å². The number of anilines is 1. The number of halogens is 1. The van der Waals surface area contributed by atoms with Crippen molar-refractivity contribution in [1.29, 1.82) is 0 Å². The van der Waals surface area contributed by atoms with E-state index in [2.05, 4.69) is 26.6 Å². The molecular formula is C18H18BrN3O5S. The number of nitro benzene ring substituents is 1. The van der Waals surface area contributed by atoms with Gasteiger partial charge in [-0.15, -0.1) is 0 Å². The van der Waals surface area contributed by atoms with Crippen molar-refractivity contribution in [3.63, 3.8) is 0 Å². The number of nitrogens with one attached hydrogen (secondary N) is 2. The molecule has 0 spiro atoms. The van der Waals surface area contributed by atoms with E-state index in [1.807, 2.05) is 6.92 Å². The van der Waals surface area contributed by atoms with Gasteiger partial charge in [-0.2, -0.15) is 0 Å². The lowest BCUT2D eigenvalue weighted by Gasteiger charge is -2.12. The standard InChI is InChI=1S/C18H18BrN3O5S/c1-3-8-27-16-7-4-11(9-13(16)19)17(23)21-18(28)20-14-6-5-12(26-2)10-15(14)22(24)25/h4-7,9-10H,3,8H2,1-2H3,(H2,20,21,23,28). The molecule has 0 fully saturated rings. The number of nitro groups is 1. The minimum absolute atomic E-state index is 0.0688. The van der Waals surface area contributed by atoms with Gasteiger partial charge < -0.3 is 14.8 Å². The molecule has 8 nitrogen and oxygen atoms in total. The van der Waals surface area contributed by atoms with Crippen molar-refractivity contribution in [1.82, 2.24) is 5.32 Å². The lowest BCUT2D eigenvalue weighted by molar-refractivity contribution is -0.384. The Morgan fingerprint density at radius 1 is 1.29 bits per heavy atom. The molecule has 2 rings (SSSR count). The van der Waals surface area contributed by atoms with E-state index in [9.17, 15) is 14.9 Å². The Morgan fingerprint density at radius 2 is 2.04 bits per heavy atom. The second kappa shape index (κ2) is 10.00. The van der Waals surface area contributed by atoms with Crippen LogP contribution in [0.5, 0.6) is 11.5 Å². The monoisotopic (exact) mass is 467 g/mol. The lowest BCUT2D eigenvalue weighted by Crippen LogP contribution is -2.34. The van der Waals surface area contributed by atoms with Crippen LogP contribution in [0.4, 0.5) is 11.4 Å². The van der Waals surface area contributed by atoms with Gasteiger partial charge in [-0.3, -0.25) is 20.2 Å². The van der Waals surface area contributed by atoms with Crippen molar-refractivity contribution in [2.24, 2.45) is 0 Å². The Hall–Kier alpha value is -2.72. The zero-order valence-corrected chi connectivity index (χ0v) is 17.6. The van der Waals surface area contributed by atoms with Crippen molar-refractivity contribution in [2.75, 3.05) is 19.0 Å². The predicted molar refractivity (Wildman–Crippen MR) is 113 cm³/mol. The number of amides is 1. The highest BCUT2D eigenvalue weighted by atomic mass is 79.9. The first kappa shape index (κ1) is 21.6. The number of hydrogen-bond donors (Lipinski definition) is 2. The first-order valence-electron chi connectivity index (χ1n) is 8.22. The molecule has 1 amide bonds. The van der Waals surface area contributed by atoms with Crippen LogP contribution in [-0.4, -0.2) is 29.7 Å². The molecule has 0 bridgehead atoms. The minimum Gasteiger partial charge on any atom is -0.496 e. The lowest BCUT2D eigenvalue weighted by atomic mass is 10.2. The van der Waals surface area contributed by atoms with Crippen LogP contribution in [-0.2, 0) is 0 Å². The van der Waals surface area contributed by atoms with Gasteiger partial charge >= 0.3 is 0 Å². The molecule has 0 saturated heterocycles. The maximum absolute atomic E-state index is 12.4. The van der Waals surface area contributed by atoms with Crippen molar-refractivity contribution < 1.29 is 19.2 Å². The number of thiocarbonyl (C=S) groups is 1. The fourth-order valence-corrected chi connectivity index (χ4v) is 2.89. The molecule has 2 aromatic rings. The summed E-state index contributed by atoms with van der Waals surface area (Å²) in [5.74, 6) is 0.506. The van der Waals surface area contributed by atoms with Crippen LogP contribution in [0, 0.1) is 10.1 Å². The molecule has 0 aliphatic heterocycles. The summed E-state index contributed by atoms with van der Waals surface area (Å²) < 4.78 is 11.2. The van der Waals surface area contributed by atoms with E-state index in [-0.39, 0.29) is 16.5 Å². The largest absolute Gasteiger partial charge is 0.496 e. The van der Waals surface area contributed by atoms with Crippen LogP contribution in [0.15, 0.2) is 40.9 Å². The highest BCUT2D eigenvalue weighted by Gasteiger charge is 2.17. The first-order valence-corrected chi connectivity index (χ1v) is 9.43. The molecule has 0 atom stereocenters. The van der Waals surface area contributed by atoms with Crippen molar-refractivity contribution in [3.8, 4) is 11.5 Å². The molecule has 0 aliphatic rings. The molecule has 0 radical (unpaired) electrons. The van der Waals surface area contributed by atoms with E-state index in [1.54, 1.807) is 24.3 Å². The SMILES string of the molecule is CCCOc1ccc(C(=O)NC(=S)Nc2ccc(OC)cc2[N+](=O)[O-])cc1Br. The molecule has 0 aromatic heterocycles. The van der Waals surface area contributed by atoms with E-state index in [0.29, 0.717) is 28.1 Å². The van der Waals surface area contributed by atoms with Crippen molar-refractivity contribution >= 4 is 50.5 Å². The van der Waals surface area contributed by atoms with E-state index >= 15 is 0 Å². The van der Waals surface area contributed by atoms with Gasteiger partial charge in [-0.25, -0.2) is 0 Å². The highest BCUT2D eigenvalue weighted by Crippen LogP contribution is 2.29. The summed E-state index contributed by atoms with van der Waals surface area (Å²) in [7, 11) is 1.41. The molecule has 0 saturated carbocycles. The number of hydrogen-bond acceptors (Lipinski definition) is 6. The van der Waals surface area contributed by atoms with Crippen molar-refractivity contribution in [2.45, 2.75) is 13.3 Å². The number of methoxy groups -OCH3 is 1. The van der Waals surface area contributed by atoms with Crippen LogP contribution in [0.25, 0.3) is 0 Å². The Labute approximate surface area is 175 Å². The molecule has 148 valence electrons. The molecule has 0 unspecified atom stereocenters. The van der Waals surface area contributed by atoms with Crippen LogP contribution >= 0.6 is 28.1 Å². The third-order valence-electron chi connectivity index (χ3n) is 3.53. The van der Waals surface area contributed by atoms with Crippen LogP contribution in [0.2, 0.25) is 0 Å². The number of carbonyl (C=O) groups is 1. The van der Waals surface area contributed by atoms with Crippen LogP contribution < -0.4 is 20.1 Å². The van der Waals surface area contributed by atoms with Gasteiger partial charge in [-0.1, -0.05) is 6.92 Å². The summed E-state index contributed by atoms with van der Waals surface area (Å²) in [5.41, 5.74) is 0.265. The van der Waals surface area contributed by atoms with E-state index < -0.39 is 10.8 Å². The molecule has 2 aromatic carbocycles. The summed E-state index contributed by atoms with van der Waals surface area (Å²) in [6, 6.07) is 9.15. The van der Waals surface area contributed by atoms with Gasteiger partial charge in [0.05, 0.1) is 29.2 Å². The Balaban J connectivity index is 2.08. The number of rotatable bonds is 7. The van der Waals surface area contributed by atoms with Gasteiger partial charge in [0.25, 0.3) is 11.6 Å². The fourth-order valence-electron chi connectivity index (χ4n) is 2.20. The summed E-state index contributed by atoms with van der Waals surface area (Å²) in [6.45, 7) is 2.57. The summed E-state index contributed by atoms with van der Waals surface area (Å²) >= 11 is 8.47. The molecule has 0 aliphatic carbocycles. The van der Waals surface area contributed by atoms with Crippen LogP contribution in [0.1, 0.15) is 23.7 Å². The van der Waals surface area contributed by atoms with Gasteiger partial charge in [0.1, 0.15) is 17.2 Å². The number of carbonyl (C=O) groups excluding carboxylic acids is 1. The second-order valence-electron chi connectivity index (χ2n) is 5.54. The van der Waals surface area contributed by atoms with Crippen molar-refractivity contribution in [3.05, 3.63) is 56.5 Å². The molecular weight excluding hydrogens is 450 g/mol. The Morgan fingerprint density at radius 3 is 2.64 bits per heavy atom. The Bertz CT molecular complexity index is 907. The maximum Gasteiger partial charge on any atom is 0.296 e.